The summed E-state index contributed by atoms with van der Waals surface area (Å²) >= 11 is 21.9. The van der Waals surface area contributed by atoms with E-state index in [1.165, 1.54) is 0 Å². The summed E-state index contributed by atoms with van der Waals surface area (Å²) in [6.45, 7) is 3.49. The Bertz CT molecular complexity index is 222. The van der Waals surface area contributed by atoms with Crippen LogP contribution in [0.5, 0.6) is 0 Å². The molecule has 0 heterocycles. The van der Waals surface area contributed by atoms with Gasteiger partial charge in [0.05, 0.1) is 13.2 Å². The van der Waals surface area contributed by atoms with Crippen molar-refractivity contribution >= 4 is 54.2 Å². The maximum atomic E-state index is 11.7. The molecule has 4 nitrogen and oxygen atoms in total. The van der Waals surface area contributed by atoms with Crippen molar-refractivity contribution in [1.29, 1.82) is 0 Å². The Hall–Kier alpha value is 1.27. The van der Waals surface area contributed by atoms with Crippen LogP contribution in [-0.4, -0.2) is 22.6 Å². The first-order chi connectivity index (χ1) is 6.75. The van der Waals surface area contributed by atoms with Gasteiger partial charge in [-0.1, -0.05) is 46.4 Å². The van der Waals surface area contributed by atoms with E-state index in [0.717, 1.165) is 0 Å². The third-order valence-electron chi connectivity index (χ3n) is 1.05. The van der Waals surface area contributed by atoms with Crippen molar-refractivity contribution in [3.63, 3.8) is 0 Å². The van der Waals surface area contributed by atoms with Gasteiger partial charge in [-0.05, 0) is 13.8 Å². The fourth-order valence-electron chi connectivity index (χ4n) is 0.587. The van der Waals surface area contributed by atoms with Crippen molar-refractivity contribution in [1.82, 2.24) is 0 Å². The minimum absolute atomic E-state index is 0.126. The fourth-order valence-corrected chi connectivity index (χ4v) is 2.41. The van der Waals surface area contributed by atoms with Crippen molar-refractivity contribution in [3.05, 3.63) is 0 Å². The Labute approximate surface area is 109 Å². The topological polar surface area (TPSA) is 44.8 Å². The zero-order valence-electron chi connectivity index (χ0n) is 8.08. The first-order valence-corrected chi connectivity index (χ1v) is 7.06. The van der Waals surface area contributed by atoms with Crippen molar-refractivity contribution < 1.29 is 18.1 Å². The van der Waals surface area contributed by atoms with E-state index >= 15 is 0 Å². The third-order valence-corrected chi connectivity index (χ3v) is 4.14. The lowest BCUT2D eigenvalue weighted by molar-refractivity contribution is 0.112. The number of halogens is 4. The highest BCUT2D eigenvalue weighted by atomic mass is 35.6. The second-order valence-electron chi connectivity index (χ2n) is 2.25. The van der Waals surface area contributed by atoms with E-state index in [-0.39, 0.29) is 13.2 Å². The second-order valence-corrected chi connectivity index (χ2v) is 6.63. The summed E-state index contributed by atoms with van der Waals surface area (Å²) in [5, 5.41) is 0. The van der Waals surface area contributed by atoms with Crippen LogP contribution in [0.15, 0.2) is 0 Å². The number of rotatable bonds is 6. The summed E-state index contributed by atoms with van der Waals surface area (Å²) in [5.74, 6) is 0. The second kappa shape index (κ2) is 6.87. The van der Waals surface area contributed by atoms with Crippen LogP contribution >= 0.6 is 54.2 Å². The minimum atomic E-state index is -3.76. The van der Waals surface area contributed by atoms with E-state index < -0.39 is 17.2 Å². The van der Waals surface area contributed by atoms with Crippen LogP contribution in [0.1, 0.15) is 13.8 Å². The lowest BCUT2D eigenvalue weighted by Gasteiger charge is -2.23. The summed E-state index contributed by atoms with van der Waals surface area (Å²) in [4.78, 5) is 0. The fraction of sp³-hybridized carbons (Fsp3) is 1.00. The normalized spacial score (nSPS) is 15.3. The quantitative estimate of drug-likeness (QED) is 0.545. The predicted octanol–water partition coefficient (Wildman–Crippen LogP) is 4.12. The van der Waals surface area contributed by atoms with Gasteiger partial charge in [-0.15, -0.1) is 0 Å². The van der Waals surface area contributed by atoms with Crippen LogP contribution in [0.3, 0.4) is 0 Å². The van der Waals surface area contributed by atoms with E-state index in [1.54, 1.807) is 13.8 Å². The van der Waals surface area contributed by atoms with Gasteiger partial charge >= 0.3 is 7.82 Å². The zero-order valence-corrected chi connectivity index (χ0v) is 12.0. The lowest BCUT2D eigenvalue weighted by Crippen LogP contribution is -2.22. The van der Waals surface area contributed by atoms with Crippen LogP contribution < -0.4 is 0 Å². The number of phosphoric acid groups is 1. The van der Waals surface area contributed by atoms with E-state index in [2.05, 4.69) is 0 Å². The highest BCUT2D eigenvalue weighted by Crippen LogP contribution is 2.53. The number of hydrogen-bond acceptors (Lipinski definition) is 4. The summed E-state index contributed by atoms with van der Waals surface area (Å²) in [5.41, 5.74) is -1.42. The van der Waals surface area contributed by atoms with Crippen molar-refractivity contribution in [2.75, 3.05) is 13.2 Å². The summed E-state index contributed by atoms with van der Waals surface area (Å²) in [6.07, 6.45) is 0. The molecule has 0 spiro atoms. The lowest BCUT2D eigenvalue weighted by atomic mass is 10.8. The molecule has 0 aromatic carbocycles. The molecule has 0 aromatic heterocycles. The molecule has 0 fully saturated rings. The van der Waals surface area contributed by atoms with E-state index in [0.29, 0.717) is 0 Å². The highest BCUT2D eigenvalue weighted by Gasteiger charge is 2.39. The Morgan fingerprint density at radius 3 is 1.87 bits per heavy atom. The molecule has 0 saturated carbocycles. The minimum Gasteiger partial charge on any atom is -0.287 e. The van der Waals surface area contributed by atoms with Crippen LogP contribution in [0.25, 0.3) is 0 Å². The molecule has 0 aliphatic carbocycles. The molecule has 9 heteroatoms. The predicted molar refractivity (Wildman–Crippen MR) is 61.9 cm³/mol. The maximum Gasteiger partial charge on any atom is 0.476 e. The van der Waals surface area contributed by atoms with Crippen LogP contribution in [0.4, 0.5) is 0 Å². The van der Waals surface area contributed by atoms with E-state index in [1.807, 2.05) is 0 Å². The van der Waals surface area contributed by atoms with Crippen LogP contribution in [0.2, 0.25) is 0 Å². The Morgan fingerprint density at radius 2 is 1.60 bits per heavy atom. The molecule has 0 aliphatic rings. The van der Waals surface area contributed by atoms with Gasteiger partial charge in [-0.2, -0.15) is 0 Å². The van der Waals surface area contributed by atoms with Gasteiger partial charge in [0.1, 0.15) is 0 Å². The number of alkyl halides is 4. The molecule has 0 saturated heterocycles. The molecule has 0 amide bonds. The largest absolute Gasteiger partial charge is 0.476 e. The molecular formula is C6H11Cl4O4P. The molecule has 0 bridgehead atoms. The van der Waals surface area contributed by atoms with Crippen LogP contribution in [0, 0.1) is 0 Å². The van der Waals surface area contributed by atoms with Gasteiger partial charge in [0, 0.05) is 0 Å². The molecule has 0 radical (unpaired) electrons. The zero-order chi connectivity index (χ0) is 12.1. The summed E-state index contributed by atoms with van der Waals surface area (Å²) in [7, 11) is -3.76. The summed E-state index contributed by atoms with van der Waals surface area (Å²) in [6, 6.07) is 0. The molecule has 1 unspecified atom stereocenters. The van der Waals surface area contributed by atoms with Crippen LogP contribution in [-0.2, 0) is 18.1 Å². The first-order valence-electron chi connectivity index (χ1n) is 4.03. The average Bonchev–Trinajstić information content (AvgIpc) is 2.02. The van der Waals surface area contributed by atoms with Gasteiger partial charge in [0.2, 0.25) is 3.79 Å². The molecule has 0 aliphatic heterocycles. The van der Waals surface area contributed by atoms with Gasteiger partial charge in [0.25, 0.3) is 0 Å². The van der Waals surface area contributed by atoms with Crippen molar-refractivity contribution in [3.8, 4) is 0 Å². The molecular weight excluding hydrogens is 309 g/mol. The molecule has 92 valence electrons. The van der Waals surface area contributed by atoms with Crippen molar-refractivity contribution in [2.24, 2.45) is 0 Å². The van der Waals surface area contributed by atoms with E-state index in [9.17, 15) is 4.57 Å². The van der Waals surface area contributed by atoms with Gasteiger partial charge in [-0.25, -0.2) is 4.57 Å². The monoisotopic (exact) mass is 318 g/mol. The molecule has 0 N–H and O–H groups in total. The Balaban J connectivity index is 4.48. The SMILES string of the molecule is CCOP(=O)(OCC)OC(Cl)C(Cl)(Cl)Cl. The van der Waals surface area contributed by atoms with Crippen molar-refractivity contribution in [2.45, 2.75) is 23.2 Å². The Morgan fingerprint density at radius 1 is 1.20 bits per heavy atom. The van der Waals surface area contributed by atoms with Gasteiger partial charge in [-0.3, -0.25) is 13.6 Å². The molecule has 1 atom stereocenters. The highest BCUT2D eigenvalue weighted by molar-refractivity contribution is 7.48. The average molecular weight is 320 g/mol. The molecule has 0 aromatic rings. The first kappa shape index (κ1) is 16.3. The third kappa shape index (κ3) is 6.54. The maximum absolute atomic E-state index is 11.7. The standard InChI is InChI=1S/C6H11Cl4O4P/c1-3-12-15(11,13-4-2)14-5(7)6(8,9)10/h5H,3-4H2,1-2H3. The van der Waals surface area contributed by atoms with Gasteiger partial charge in [0.15, 0.2) is 5.56 Å². The number of hydrogen-bond donors (Lipinski definition) is 0. The van der Waals surface area contributed by atoms with E-state index in [4.69, 9.17) is 60.0 Å². The number of phosphoric ester groups is 1. The summed E-state index contributed by atoms with van der Waals surface area (Å²) < 4.78 is 24.2. The smallest absolute Gasteiger partial charge is 0.287 e. The molecule has 0 rings (SSSR count). The molecule has 15 heavy (non-hydrogen) atoms. The van der Waals surface area contributed by atoms with Gasteiger partial charge < -0.3 is 0 Å². The Kier molecular flexibility index (Phi) is 7.46.